The van der Waals surface area contributed by atoms with Gasteiger partial charge < -0.3 is 0 Å². The predicted octanol–water partition coefficient (Wildman–Crippen LogP) is 8.48. The molecule has 1 aliphatic heterocycles. The van der Waals surface area contributed by atoms with E-state index in [0.29, 0.717) is 6.42 Å². The first-order valence-electron chi connectivity index (χ1n) is 17.1. The number of cyclic esters (lactones) is 1. The predicted molar refractivity (Wildman–Crippen MR) is 188 cm³/mol. The number of hydrogen-bond acceptors (Lipinski definition) is 5. The molecule has 2 aliphatic carbocycles. The van der Waals surface area contributed by atoms with Crippen LogP contribution in [0.15, 0.2) is 42.5 Å². The van der Waals surface area contributed by atoms with E-state index in [1.165, 1.54) is 4.46 Å². The number of halogens is 1. The third-order valence-corrected chi connectivity index (χ3v) is 20.1. The number of benzene rings is 1. The summed E-state index contributed by atoms with van der Waals surface area (Å²) in [6, 6.07) is 10.7. The third kappa shape index (κ3) is 8.13. The second kappa shape index (κ2) is 14.2. The summed E-state index contributed by atoms with van der Waals surface area (Å²) in [5.74, 6) is 0.510. The summed E-state index contributed by atoms with van der Waals surface area (Å²) in [6.07, 6.45) is 8.44. The van der Waals surface area contributed by atoms with Gasteiger partial charge in [0.15, 0.2) is 0 Å². The van der Waals surface area contributed by atoms with Crippen molar-refractivity contribution >= 4 is 51.3 Å². The Hall–Kier alpha value is -1.11. The van der Waals surface area contributed by atoms with Gasteiger partial charge in [-0.15, -0.1) is 0 Å². The average Bonchev–Trinajstić information content (AvgIpc) is 2.95. The van der Waals surface area contributed by atoms with Gasteiger partial charge in [-0.1, -0.05) is 0 Å². The van der Waals surface area contributed by atoms with Gasteiger partial charge in [-0.05, 0) is 0 Å². The van der Waals surface area contributed by atoms with Gasteiger partial charge in [0.2, 0.25) is 0 Å². The maximum absolute atomic E-state index is 13.6. The molecule has 0 unspecified atom stereocenters. The van der Waals surface area contributed by atoms with Crippen LogP contribution in [0.25, 0.3) is 0 Å². The molecule has 1 aromatic carbocycles. The van der Waals surface area contributed by atoms with Gasteiger partial charge in [-0.3, -0.25) is 0 Å². The summed E-state index contributed by atoms with van der Waals surface area (Å²) in [5.41, 5.74) is -0.546. The fourth-order valence-corrected chi connectivity index (χ4v) is 12.5. The molecule has 9 atom stereocenters. The van der Waals surface area contributed by atoms with Crippen molar-refractivity contribution in [3.05, 3.63) is 42.5 Å². The first-order valence-corrected chi connectivity index (χ1v) is 22.1. The molecular formula is C37H57ClO5SeSi. The molecule has 0 bridgehead atoms. The van der Waals surface area contributed by atoms with Crippen LogP contribution in [-0.4, -0.2) is 58.9 Å². The molecule has 0 amide bonds. The number of fused-ring (bicyclic) bond motifs is 1. The SMILES string of the molecule is CCC(C)(C)C(=O)O[C@H]1C[C@@H](C)[C@H](Cl)[C@]2([Se]c3ccccc3)C=C[C@H](C)[C@H](CC[C@@H]3C[C@@H](O[Si](C)(C)C(C)(C)C)CC(=O)O3)[C@@H]12. The maximum atomic E-state index is 13.6. The summed E-state index contributed by atoms with van der Waals surface area (Å²) in [4.78, 5) is 26.4. The summed E-state index contributed by atoms with van der Waals surface area (Å²) < 4.78 is 20.2. The molecule has 3 aliphatic rings. The van der Waals surface area contributed by atoms with Crippen LogP contribution in [0, 0.1) is 29.1 Å². The monoisotopic (exact) mass is 724 g/mol. The number of esters is 2. The van der Waals surface area contributed by atoms with Gasteiger partial charge >= 0.3 is 286 Å². The second-order valence-electron chi connectivity index (χ2n) is 16.1. The van der Waals surface area contributed by atoms with Crippen LogP contribution in [0.4, 0.5) is 0 Å². The van der Waals surface area contributed by atoms with Crippen molar-refractivity contribution in [2.75, 3.05) is 0 Å². The van der Waals surface area contributed by atoms with Gasteiger partial charge in [-0.25, -0.2) is 0 Å². The Morgan fingerprint density at radius 1 is 1.09 bits per heavy atom. The minimum absolute atomic E-state index is 0.0270. The van der Waals surface area contributed by atoms with Crippen LogP contribution in [-0.2, 0) is 23.5 Å². The van der Waals surface area contributed by atoms with Crippen molar-refractivity contribution in [3.8, 4) is 0 Å². The van der Waals surface area contributed by atoms with E-state index in [0.717, 1.165) is 32.1 Å². The normalized spacial score (nSPS) is 34.2. The van der Waals surface area contributed by atoms with Crippen LogP contribution >= 0.6 is 11.6 Å². The average molecular weight is 724 g/mol. The van der Waals surface area contributed by atoms with E-state index in [9.17, 15) is 9.59 Å². The van der Waals surface area contributed by atoms with E-state index in [-0.39, 0.29) is 83.6 Å². The topological polar surface area (TPSA) is 61.8 Å². The molecule has 8 heteroatoms. The fourth-order valence-electron chi connectivity index (χ4n) is 7.08. The van der Waals surface area contributed by atoms with Crippen molar-refractivity contribution in [1.82, 2.24) is 0 Å². The van der Waals surface area contributed by atoms with Crippen molar-refractivity contribution in [2.45, 2.75) is 140 Å². The zero-order valence-electron chi connectivity index (χ0n) is 29.2. The van der Waals surface area contributed by atoms with Crippen LogP contribution in [0.2, 0.25) is 22.4 Å². The molecule has 45 heavy (non-hydrogen) atoms. The van der Waals surface area contributed by atoms with Gasteiger partial charge in [0.1, 0.15) is 0 Å². The van der Waals surface area contributed by atoms with Crippen LogP contribution in [0.5, 0.6) is 0 Å². The Bertz CT molecular complexity index is 1210. The molecule has 252 valence electrons. The fraction of sp³-hybridized carbons (Fsp3) is 0.730. The van der Waals surface area contributed by atoms with Crippen LogP contribution in [0.3, 0.4) is 0 Å². The van der Waals surface area contributed by atoms with E-state index in [1.54, 1.807) is 0 Å². The molecule has 1 saturated heterocycles. The molecule has 4 rings (SSSR count). The molecule has 0 N–H and O–H groups in total. The summed E-state index contributed by atoms with van der Waals surface area (Å²) in [7, 11) is -2.02. The number of hydrogen-bond donors (Lipinski definition) is 0. The van der Waals surface area contributed by atoms with Crippen molar-refractivity contribution in [2.24, 2.45) is 29.1 Å². The molecule has 0 aromatic heterocycles. The van der Waals surface area contributed by atoms with Crippen molar-refractivity contribution in [1.29, 1.82) is 0 Å². The number of carbonyl (C=O) groups is 2. The first kappa shape index (κ1) is 36.7. The van der Waals surface area contributed by atoms with E-state index >= 15 is 0 Å². The zero-order chi connectivity index (χ0) is 33.4. The molecule has 1 heterocycles. The molecule has 2 fully saturated rings. The summed E-state index contributed by atoms with van der Waals surface area (Å²) in [6.45, 7) is 21.7. The summed E-state index contributed by atoms with van der Waals surface area (Å²) >= 11 is 7.53. The van der Waals surface area contributed by atoms with Crippen molar-refractivity contribution in [3.63, 3.8) is 0 Å². The Morgan fingerprint density at radius 2 is 1.76 bits per heavy atom. The van der Waals surface area contributed by atoms with Gasteiger partial charge in [0, 0.05) is 0 Å². The molecular weight excluding hydrogens is 667 g/mol. The quantitative estimate of drug-likeness (QED) is 0.105. The van der Waals surface area contributed by atoms with E-state index in [4.69, 9.17) is 25.5 Å². The second-order valence-corrected chi connectivity index (χ2v) is 24.2. The standard InChI is InChI=1S/C37H57ClO5SeSi/c1-11-36(7,8)34(40)42-30-21-25(3)33(38)37(44-28-15-13-12-14-16-28)20-19-24(2)29(32(30)37)18-17-26-22-27(23-31(39)41-26)43-45(9,10)35(4,5)6/h12-16,19-20,24-27,29-30,32-33H,11,17-18,21-23H2,1-10H3/t24-,25+,26+,27+,29-,30-,32-,33-,37-/m0/s1. The van der Waals surface area contributed by atoms with Crippen LogP contribution in [0.1, 0.15) is 93.9 Å². The number of ether oxygens (including phenoxy) is 2. The first-order chi connectivity index (χ1) is 20.9. The van der Waals surface area contributed by atoms with Gasteiger partial charge in [0.25, 0.3) is 0 Å². The Kier molecular flexibility index (Phi) is 11.6. The molecule has 1 saturated carbocycles. The molecule has 1 aromatic rings. The Morgan fingerprint density at radius 3 is 2.38 bits per heavy atom. The number of allylic oxidation sites excluding steroid dienone is 2. The molecule has 5 nitrogen and oxygen atoms in total. The Labute approximate surface area is 285 Å². The summed E-state index contributed by atoms with van der Waals surface area (Å²) in [5, 5.41) is 0.00462. The Balaban J connectivity index is 1.64. The minimum atomic E-state index is -2.02. The number of alkyl halides is 1. The number of carbonyl (C=O) groups excluding carboxylic acids is 2. The number of rotatable bonds is 10. The molecule has 0 spiro atoms. The third-order valence-electron chi connectivity index (χ3n) is 11.3. The van der Waals surface area contributed by atoms with Crippen molar-refractivity contribution < 1.29 is 23.5 Å². The van der Waals surface area contributed by atoms with E-state index in [1.807, 2.05) is 20.8 Å². The molecule has 0 radical (unpaired) electrons. The van der Waals surface area contributed by atoms with Gasteiger partial charge in [-0.2, -0.15) is 0 Å². The van der Waals surface area contributed by atoms with E-state index in [2.05, 4.69) is 90.2 Å². The zero-order valence-corrected chi connectivity index (χ0v) is 32.7. The van der Waals surface area contributed by atoms with E-state index < -0.39 is 13.7 Å². The van der Waals surface area contributed by atoms with Crippen LogP contribution < -0.4 is 4.46 Å². The van der Waals surface area contributed by atoms with Gasteiger partial charge in [0.05, 0.1) is 0 Å².